The van der Waals surface area contributed by atoms with Gasteiger partial charge in [0.2, 0.25) is 0 Å². The van der Waals surface area contributed by atoms with Crippen LogP contribution in [0.5, 0.6) is 0 Å². The first-order valence-electron chi connectivity index (χ1n) is 8.23. The summed E-state index contributed by atoms with van der Waals surface area (Å²) in [7, 11) is 0. The van der Waals surface area contributed by atoms with E-state index in [0.717, 1.165) is 18.7 Å². The highest BCUT2D eigenvalue weighted by Crippen LogP contribution is 2.18. The van der Waals surface area contributed by atoms with Crippen molar-refractivity contribution in [2.24, 2.45) is 0 Å². The zero-order valence-electron chi connectivity index (χ0n) is 13.8. The van der Waals surface area contributed by atoms with E-state index in [-0.39, 0.29) is 0 Å². The Morgan fingerprint density at radius 2 is 2.00 bits per heavy atom. The standard InChI is InChI=1S/C18H31NO2/c1-4-5-6-7-11-21-14-18(20)13-19-17-10-8-9-16(12-17)15(2)3/h8-10,12,15,18-20H,4-7,11,13-14H2,1-3H3. The van der Waals surface area contributed by atoms with Crippen molar-refractivity contribution >= 4 is 5.69 Å². The molecule has 0 spiro atoms. The number of unbranched alkanes of at least 4 members (excludes halogenated alkanes) is 3. The van der Waals surface area contributed by atoms with Crippen molar-refractivity contribution in [3.63, 3.8) is 0 Å². The van der Waals surface area contributed by atoms with E-state index in [4.69, 9.17) is 4.74 Å². The molecule has 0 amide bonds. The maximum Gasteiger partial charge on any atom is 0.0945 e. The number of rotatable bonds is 11. The molecule has 0 radical (unpaired) electrons. The van der Waals surface area contributed by atoms with E-state index in [2.05, 4.69) is 38.2 Å². The Labute approximate surface area is 129 Å². The number of hydrogen-bond donors (Lipinski definition) is 2. The van der Waals surface area contributed by atoms with Gasteiger partial charge in [0.1, 0.15) is 0 Å². The van der Waals surface area contributed by atoms with Gasteiger partial charge in [-0.15, -0.1) is 0 Å². The van der Waals surface area contributed by atoms with E-state index in [1.54, 1.807) is 0 Å². The summed E-state index contributed by atoms with van der Waals surface area (Å²) in [5.41, 5.74) is 2.37. The molecule has 1 unspecified atom stereocenters. The second kappa shape index (κ2) is 10.6. The molecule has 3 nitrogen and oxygen atoms in total. The second-order valence-corrected chi connectivity index (χ2v) is 5.95. The maximum atomic E-state index is 9.90. The molecule has 1 aromatic carbocycles. The van der Waals surface area contributed by atoms with Gasteiger partial charge < -0.3 is 15.2 Å². The van der Waals surface area contributed by atoms with Crippen LogP contribution < -0.4 is 5.32 Å². The third-order valence-corrected chi connectivity index (χ3v) is 3.55. The maximum absolute atomic E-state index is 9.90. The van der Waals surface area contributed by atoms with E-state index in [9.17, 15) is 5.11 Å². The molecule has 1 atom stereocenters. The average Bonchev–Trinajstić information content (AvgIpc) is 2.49. The van der Waals surface area contributed by atoms with Gasteiger partial charge in [-0.05, 0) is 30.0 Å². The van der Waals surface area contributed by atoms with Gasteiger partial charge in [0.15, 0.2) is 0 Å². The monoisotopic (exact) mass is 293 g/mol. The van der Waals surface area contributed by atoms with E-state index >= 15 is 0 Å². The molecule has 3 heteroatoms. The lowest BCUT2D eigenvalue weighted by Crippen LogP contribution is -2.25. The minimum atomic E-state index is -0.459. The molecule has 120 valence electrons. The van der Waals surface area contributed by atoms with Crippen molar-refractivity contribution in [3.05, 3.63) is 29.8 Å². The molecule has 1 rings (SSSR count). The molecule has 1 aromatic rings. The lowest BCUT2D eigenvalue weighted by atomic mass is 10.0. The summed E-state index contributed by atoms with van der Waals surface area (Å²) in [6, 6.07) is 8.35. The van der Waals surface area contributed by atoms with Crippen LogP contribution in [0.1, 0.15) is 57.9 Å². The molecule has 2 N–H and O–H groups in total. The Hall–Kier alpha value is -1.06. The van der Waals surface area contributed by atoms with Crippen molar-refractivity contribution in [3.8, 4) is 0 Å². The number of anilines is 1. The van der Waals surface area contributed by atoms with Crippen LogP contribution in [-0.4, -0.2) is 31.0 Å². The summed E-state index contributed by atoms with van der Waals surface area (Å²) in [4.78, 5) is 0. The molecule has 0 heterocycles. The smallest absolute Gasteiger partial charge is 0.0945 e. The molecule has 0 saturated carbocycles. The summed E-state index contributed by atoms with van der Waals surface area (Å²) in [5.74, 6) is 0.517. The Kier molecular flexibility index (Phi) is 9.11. The third kappa shape index (κ3) is 8.08. The van der Waals surface area contributed by atoms with Crippen molar-refractivity contribution in [2.45, 2.75) is 58.5 Å². The van der Waals surface area contributed by atoms with Crippen molar-refractivity contribution in [1.29, 1.82) is 0 Å². The first-order chi connectivity index (χ1) is 10.1. The van der Waals surface area contributed by atoms with E-state index in [1.807, 2.05) is 12.1 Å². The lowest BCUT2D eigenvalue weighted by Gasteiger charge is -2.14. The summed E-state index contributed by atoms with van der Waals surface area (Å²) < 4.78 is 5.50. The van der Waals surface area contributed by atoms with Crippen molar-refractivity contribution in [2.75, 3.05) is 25.1 Å². The number of aliphatic hydroxyl groups excluding tert-OH is 1. The number of aliphatic hydroxyl groups is 1. The summed E-state index contributed by atoms with van der Waals surface area (Å²) in [5, 5.41) is 13.2. The molecule has 21 heavy (non-hydrogen) atoms. The fourth-order valence-electron chi connectivity index (χ4n) is 2.15. The molecule has 0 bridgehead atoms. The van der Waals surface area contributed by atoms with Gasteiger partial charge in [0.25, 0.3) is 0 Å². The van der Waals surface area contributed by atoms with Crippen molar-refractivity contribution < 1.29 is 9.84 Å². The molecule has 0 aliphatic carbocycles. The Bertz CT molecular complexity index is 379. The van der Waals surface area contributed by atoms with E-state index < -0.39 is 6.10 Å². The van der Waals surface area contributed by atoms with E-state index in [0.29, 0.717) is 19.1 Å². The van der Waals surface area contributed by atoms with Crippen LogP contribution >= 0.6 is 0 Å². The largest absolute Gasteiger partial charge is 0.389 e. The van der Waals surface area contributed by atoms with Gasteiger partial charge >= 0.3 is 0 Å². The van der Waals surface area contributed by atoms with Gasteiger partial charge in [-0.1, -0.05) is 52.2 Å². The third-order valence-electron chi connectivity index (χ3n) is 3.55. The average molecular weight is 293 g/mol. The van der Waals surface area contributed by atoms with Crippen LogP contribution in [0.15, 0.2) is 24.3 Å². The molecule has 0 saturated heterocycles. The zero-order valence-corrected chi connectivity index (χ0v) is 13.8. The summed E-state index contributed by atoms with van der Waals surface area (Å²) in [6.07, 6.45) is 4.35. The van der Waals surface area contributed by atoms with Crippen LogP contribution in [0.3, 0.4) is 0 Å². The van der Waals surface area contributed by atoms with Crippen LogP contribution in [0.2, 0.25) is 0 Å². The first kappa shape index (κ1) is 18.0. The molecule has 0 aromatic heterocycles. The van der Waals surface area contributed by atoms with Crippen LogP contribution in [-0.2, 0) is 4.74 Å². The zero-order chi connectivity index (χ0) is 15.5. The molecular weight excluding hydrogens is 262 g/mol. The Balaban J connectivity index is 2.17. The van der Waals surface area contributed by atoms with Crippen LogP contribution in [0.25, 0.3) is 0 Å². The fourth-order valence-corrected chi connectivity index (χ4v) is 2.15. The second-order valence-electron chi connectivity index (χ2n) is 5.95. The first-order valence-corrected chi connectivity index (χ1v) is 8.23. The number of hydrogen-bond acceptors (Lipinski definition) is 3. The quantitative estimate of drug-likeness (QED) is 0.601. The van der Waals surface area contributed by atoms with Gasteiger partial charge in [-0.2, -0.15) is 0 Å². The molecule has 0 aliphatic rings. The molecule has 0 aliphatic heterocycles. The Morgan fingerprint density at radius 1 is 1.19 bits per heavy atom. The van der Waals surface area contributed by atoms with Crippen LogP contribution in [0, 0.1) is 0 Å². The van der Waals surface area contributed by atoms with Gasteiger partial charge in [-0.3, -0.25) is 0 Å². The van der Waals surface area contributed by atoms with Gasteiger partial charge in [0.05, 0.1) is 12.7 Å². The topological polar surface area (TPSA) is 41.5 Å². The van der Waals surface area contributed by atoms with Gasteiger partial charge in [0, 0.05) is 18.8 Å². The van der Waals surface area contributed by atoms with Gasteiger partial charge in [-0.25, -0.2) is 0 Å². The SMILES string of the molecule is CCCCCCOCC(O)CNc1cccc(C(C)C)c1. The van der Waals surface area contributed by atoms with Crippen LogP contribution in [0.4, 0.5) is 5.69 Å². The highest BCUT2D eigenvalue weighted by atomic mass is 16.5. The predicted octanol–water partition coefficient (Wildman–Crippen LogP) is 4.18. The molecular formula is C18H31NO2. The fraction of sp³-hybridized carbons (Fsp3) is 0.667. The predicted molar refractivity (Wildman–Crippen MR) is 90.0 cm³/mol. The van der Waals surface area contributed by atoms with Crippen molar-refractivity contribution in [1.82, 2.24) is 0 Å². The van der Waals surface area contributed by atoms with E-state index in [1.165, 1.54) is 24.8 Å². The minimum Gasteiger partial charge on any atom is -0.389 e. The summed E-state index contributed by atoms with van der Waals surface area (Å²) in [6.45, 7) is 8.24. The Morgan fingerprint density at radius 3 is 2.71 bits per heavy atom. The number of benzene rings is 1. The summed E-state index contributed by atoms with van der Waals surface area (Å²) >= 11 is 0. The normalized spacial score (nSPS) is 12.6. The number of nitrogens with one attached hydrogen (secondary N) is 1. The number of ether oxygens (including phenoxy) is 1. The minimum absolute atomic E-state index is 0.406. The highest BCUT2D eigenvalue weighted by Gasteiger charge is 2.05. The molecule has 0 fully saturated rings. The highest BCUT2D eigenvalue weighted by molar-refractivity contribution is 5.46. The lowest BCUT2D eigenvalue weighted by molar-refractivity contribution is 0.0417.